The number of hydrogen-bond acceptors (Lipinski definition) is 5. The van der Waals surface area contributed by atoms with Crippen LogP contribution in [0.3, 0.4) is 0 Å². The molecule has 0 aliphatic heterocycles. The summed E-state index contributed by atoms with van der Waals surface area (Å²) < 4.78 is 0. The molecular weight excluding hydrogens is 284 g/mol. The zero-order valence-electron chi connectivity index (χ0n) is 10.1. The van der Waals surface area contributed by atoms with E-state index in [2.05, 4.69) is 15.3 Å². The van der Waals surface area contributed by atoms with Crippen molar-refractivity contribution in [1.82, 2.24) is 15.3 Å². The number of nitrogens with one attached hydrogen (secondary N) is 1. The van der Waals surface area contributed by atoms with Crippen LogP contribution in [0, 0.1) is 10.1 Å². The van der Waals surface area contributed by atoms with Crippen LogP contribution in [0.15, 0.2) is 36.8 Å². The van der Waals surface area contributed by atoms with E-state index in [-0.39, 0.29) is 17.3 Å². The van der Waals surface area contributed by atoms with Gasteiger partial charge in [0.15, 0.2) is 0 Å². The first-order valence-corrected chi connectivity index (χ1v) is 5.93. The number of aromatic nitrogens is 2. The number of pyridine rings is 2. The Kier molecular flexibility index (Phi) is 4.21. The molecule has 0 aliphatic carbocycles. The molecule has 0 saturated heterocycles. The number of carbonyl (C=O) groups excluding carboxylic acids is 1. The number of amides is 1. The minimum atomic E-state index is -0.728. The predicted octanol–water partition coefficient (Wildman–Crippen LogP) is 1.97. The molecule has 0 unspecified atom stereocenters. The zero-order valence-corrected chi connectivity index (χ0v) is 10.9. The molecule has 0 spiro atoms. The Morgan fingerprint density at radius 2 is 2.20 bits per heavy atom. The smallest absolute Gasteiger partial charge is 0.319 e. The topological polar surface area (TPSA) is 98.0 Å². The van der Waals surface area contributed by atoms with E-state index >= 15 is 0 Å². The number of hydrogen-bond donors (Lipinski definition) is 1. The van der Waals surface area contributed by atoms with E-state index < -0.39 is 16.5 Å². The van der Waals surface area contributed by atoms with Crippen molar-refractivity contribution in [3.63, 3.8) is 0 Å². The van der Waals surface area contributed by atoms with Crippen molar-refractivity contribution in [2.45, 2.75) is 6.54 Å². The van der Waals surface area contributed by atoms with Crippen molar-refractivity contribution in [2.24, 2.45) is 0 Å². The van der Waals surface area contributed by atoms with Gasteiger partial charge in [0.05, 0.1) is 4.92 Å². The minimum absolute atomic E-state index is 0.126. The predicted molar refractivity (Wildman–Crippen MR) is 71.3 cm³/mol. The lowest BCUT2D eigenvalue weighted by atomic mass is 10.2. The molecule has 0 saturated carbocycles. The molecule has 7 nitrogen and oxygen atoms in total. The molecule has 102 valence electrons. The Balaban J connectivity index is 2.18. The fourth-order valence-electron chi connectivity index (χ4n) is 1.57. The van der Waals surface area contributed by atoms with Crippen molar-refractivity contribution >= 4 is 23.2 Å². The summed E-state index contributed by atoms with van der Waals surface area (Å²) in [5, 5.41) is 13.2. The lowest BCUT2D eigenvalue weighted by Gasteiger charge is -2.06. The van der Waals surface area contributed by atoms with Crippen LogP contribution in [0.1, 0.15) is 15.9 Å². The van der Waals surface area contributed by atoms with Gasteiger partial charge in [-0.2, -0.15) is 0 Å². The van der Waals surface area contributed by atoms with Gasteiger partial charge in [0.25, 0.3) is 5.91 Å². The highest BCUT2D eigenvalue weighted by atomic mass is 35.5. The lowest BCUT2D eigenvalue weighted by Crippen LogP contribution is -2.24. The highest BCUT2D eigenvalue weighted by Crippen LogP contribution is 2.25. The van der Waals surface area contributed by atoms with E-state index in [4.69, 9.17) is 11.6 Å². The lowest BCUT2D eigenvalue weighted by molar-refractivity contribution is -0.385. The van der Waals surface area contributed by atoms with Gasteiger partial charge >= 0.3 is 5.69 Å². The van der Waals surface area contributed by atoms with Crippen LogP contribution < -0.4 is 5.32 Å². The number of nitro groups is 1. The molecule has 20 heavy (non-hydrogen) atoms. The van der Waals surface area contributed by atoms with E-state index in [1.165, 1.54) is 12.3 Å². The number of rotatable bonds is 4. The van der Waals surface area contributed by atoms with Crippen LogP contribution in [0.2, 0.25) is 5.15 Å². The first kappa shape index (κ1) is 13.9. The van der Waals surface area contributed by atoms with Crippen LogP contribution in [0.4, 0.5) is 5.69 Å². The standard InChI is InChI=1S/C12H9ClN4O3/c13-11-10(17(19)20)9(3-5-15-11)12(18)16-7-8-2-1-4-14-6-8/h1-6H,7H2,(H,16,18). The third kappa shape index (κ3) is 3.07. The molecule has 8 heteroatoms. The summed E-state index contributed by atoms with van der Waals surface area (Å²) in [5.41, 5.74) is 0.153. The molecule has 2 heterocycles. The summed E-state index contributed by atoms with van der Waals surface area (Å²) in [6.07, 6.45) is 4.45. The second-order valence-corrected chi connectivity index (χ2v) is 4.16. The summed E-state index contributed by atoms with van der Waals surface area (Å²) in [5.74, 6) is -0.593. The fraction of sp³-hybridized carbons (Fsp3) is 0.0833. The van der Waals surface area contributed by atoms with Gasteiger partial charge < -0.3 is 5.32 Å². The van der Waals surface area contributed by atoms with Crippen LogP contribution >= 0.6 is 11.6 Å². The maximum absolute atomic E-state index is 12.0. The third-order valence-corrected chi connectivity index (χ3v) is 2.76. The molecule has 2 aromatic heterocycles. The van der Waals surface area contributed by atoms with E-state index in [1.54, 1.807) is 24.5 Å². The number of halogens is 1. The Bertz CT molecular complexity index is 648. The summed E-state index contributed by atoms with van der Waals surface area (Å²) >= 11 is 5.64. The molecule has 0 radical (unpaired) electrons. The molecule has 1 N–H and O–H groups in total. The van der Waals surface area contributed by atoms with Gasteiger partial charge in [-0.25, -0.2) is 4.98 Å². The van der Waals surface area contributed by atoms with Crippen molar-refractivity contribution in [3.8, 4) is 0 Å². The largest absolute Gasteiger partial charge is 0.348 e. The van der Waals surface area contributed by atoms with Gasteiger partial charge in [-0.15, -0.1) is 0 Å². The van der Waals surface area contributed by atoms with Crippen molar-refractivity contribution < 1.29 is 9.72 Å². The highest BCUT2D eigenvalue weighted by Gasteiger charge is 2.24. The quantitative estimate of drug-likeness (QED) is 0.528. The number of nitrogens with zero attached hydrogens (tertiary/aromatic N) is 3. The van der Waals surface area contributed by atoms with Crippen LogP contribution in [-0.4, -0.2) is 20.8 Å². The van der Waals surface area contributed by atoms with Gasteiger partial charge in [-0.05, 0) is 17.7 Å². The van der Waals surface area contributed by atoms with Crippen LogP contribution in [0.25, 0.3) is 0 Å². The molecular formula is C12H9ClN4O3. The average molecular weight is 293 g/mol. The summed E-state index contributed by atoms with van der Waals surface area (Å²) in [4.78, 5) is 29.7. The summed E-state index contributed by atoms with van der Waals surface area (Å²) in [6.45, 7) is 0.212. The number of carbonyl (C=O) groups is 1. The molecule has 0 bridgehead atoms. The maximum atomic E-state index is 12.0. The van der Waals surface area contributed by atoms with Crippen LogP contribution in [0.5, 0.6) is 0 Å². The second kappa shape index (κ2) is 6.07. The molecule has 1 amide bonds. The SMILES string of the molecule is O=C(NCc1cccnc1)c1ccnc(Cl)c1[N+](=O)[O-]. The molecule has 2 aromatic rings. The maximum Gasteiger partial charge on any atom is 0.319 e. The molecule has 0 fully saturated rings. The van der Waals surface area contributed by atoms with E-state index in [1.807, 2.05) is 0 Å². The van der Waals surface area contributed by atoms with E-state index in [0.29, 0.717) is 0 Å². The van der Waals surface area contributed by atoms with Crippen molar-refractivity contribution in [1.29, 1.82) is 0 Å². The van der Waals surface area contributed by atoms with Crippen LogP contribution in [-0.2, 0) is 6.54 Å². The monoisotopic (exact) mass is 292 g/mol. The zero-order chi connectivity index (χ0) is 14.5. The first-order valence-electron chi connectivity index (χ1n) is 5.55. The Morgan fingerprint density at radius 1 is 1.40 bits per heavy atom. The third-order valence-electron chi connectivity index (χ3n) is 2.48. The summed E-state index contributed by atoms with van der Waals surface area (Å²) in [7, 11) is 0. The van der Waals surface area contributed by atoms with Gasteiger partial charge in [-0.3, -0.25) is 19.9 Å². The normalized spacial score (nSPS) is 10.1. The molecule has 2 rings (SSSR count). The molecule has 0 atom stereocenters. The molecule has 0 aliphatic rings. The minimum Gasteiger partial charge on any atom is -0.348 e. The van der Waals surface area contributed by atoms with Gasteiger partial charge in [0.2, 0.25) is 5.15 Å². The van der Waals surface area contributed by atoms with E-state index in [9.17, 15) is 14.9 Å². The second-order valence-electron chi connectivity index (χ2n) is 3.80. The van der Waals surface area contributed by atoms with E-state index in [0.717, 1.165) is 5.56 Å². The van der Waals surface area contributed by atoms with Gasteiger partial charge in [-0.1, -0.05) is 17.7 Å². The Hall–Kier alpha value is -2.54. The fourth-order valence-corrected chi connectivity index (χ4v) is 1.79. The first-order chi connectivity index (χ1) is 9.59. The summed E-state index contributed by atoms with van der Waals surface area (Å²) in [6, 6.07) is 4.76. The highest BCUT2D eigenvalue weighted by molar-refractivity contribution is 6.32. The van der Waals surface area contributed by atoms with Gasteiger partial charge in [0.1, 0.15) is 5.56 Å². The average Bonchev–Trinajstić information content (AvgIpc) is 2.45. The van der Waals surface area contributed by atoms with Crippen molar-refractivity contribution in [3.05, 3.63) is 63.2 Å². The Morgan fingerprint density at radius 3 is 2.85 bits per heavy atom. The molecule has 0 aromatic carbocycles. The van der Waals surface area contributed by atoms with Crippen molar-refractivity contribution in [2.75, 3.05) is 0 Å². The Labute approximate surface area is 118 Å². The van der Waals surface area contributed by atoms with Gasteiger partial charge in [0, 0.05) is 25.1 Å².